The van der Waals surface area contributed by atoms with E-state index in [2.05, 4.69) is 181 Å². The molecule has 0 aliphatic heterocycles. The molecule has 3 nitrogen and oxygen atoms in total. The lowest BCUT2D eigenvalue weighted by Crippen LogP contribution is -2.09. The van der Waals surface area contributed by atoms with Gasteiger partial charge in [0.2, 0.25) is 0 Å². The van der Waals surface area contributed by atoms with Crippen molar-refractivity contribution in [2.75, 3.05) is 4.90 Å². The average Bonchev–Trinajstić information content (AvgIpc) is 3.95. The average molecular weight is 734 g/mol. The van der Waals surface area contributed by atoms with Gasteiger partial charge in [0.15, 0.2) is 0 Å². The third-order valence-electron chi connectivity index (χ3n) is 11.3. The molecule has 0 N–H and O–H groups in total. The first-order chi connectivity index (χ1) is 27.7. The van der Waals surface area contributed by atoms with E-state index in [1.54, 1.807) is 0 Å². The lowest BCUT2D eigenvalue weighted by molar-refractivity contribution is 0.669. The number of furan rings is 2. The number of para-hydroxylation sites is 1. The van der Waals surface area contributed by atoms with Crippen molar-refractivity contribution in [3.63, 3.8) is 0 Å². The van der Waals surface area contributed by atoms with Crippen molar-refractivity contribution in [3.8, 4) is 22.3 Å². The second kappa shape index (κ2) is 12.2. The number of thiophene rings is 1. The van der Waals surface area contributed by atoms with Gasteiger partial charge >= 0.3 is 0 Å². The Hall–Kier alpha value is -7.14. The van der Waals surface area contributed by atoms with Crippen LogP contribution < -0.4 is 4.90 Å². The third kappa shape index (κ3) is 4.83. The van der Waals surface area contributed by atoms with E-state index < -0.39 is 0 Å². The Kier molecular flexibility index (Phi) is 6.80. The van der Waals surface area contributed by atoms with Crippen LogP contribution in [0.3, 0.4) is 0 Å². The van der Waals surface area contributed by atoms with E-state index in [0.717, 1.165) is 88.6 Å². The van der Waals surface area contributed by atoms with Crippen LogP contribution in [-0.4, -0.2) is 0 Å². The van der Waals surface area contributed by atoms with Crippen LogP contribution in [0.1, 0.15) is 0 Å². The summed E-state index contributed by atoms with van der Waals surface area (Å²) in [5.41, 5.74) is 11.5. The molecule has 56 heavy (non-hydrogen) atoms. The standard InChI is InChI=1S/C52H31NO2S/c1-2-9-40-33(8-1)20-28-44-51-39(12-7-14-47(51)55-52(40)44)34-18-24-37(25-19-34)53(38-26-29-50-45(31-38)43-11-4-6-15-49(43)56-50)36-22-16-32(17-23-36)35-21-27-42-41-10-3-5-13-46(41)54-48(42)30-35/h1-31H. The Balaban J connectivity index is 0.973. The van der Waals surface area contributed by atoms with Crippen LogP contribution in [0.15, 0.2) is 197 Å². The van der Waals surface area contributed by atoms with Crippen molar-refractivity contribution in [3.05, 3.63) is 188 Å². The first kappa shape index (κ1) is 31.2. The summed E-state index contributed by atoms with van der Waals surface area (Å²) in [6.07, 6.45) is 0. The minimum atomic E-state index is 0.899. The molecule has 0 aliphatic carbocycles. The van der Waals surface area contributed by atoms with Crippen molar-refractivity contribution in [2.45, 2.75) is 0 Å². The van der Waals surface area contributed by atoms with Crippen LogP contribution in [0.5, 0.6) is 0 Å². The predicted octanol–water partition coefficient (Wildman–Crippen LogP) is 15.8. The van der Waals surface area contributed by atoms with Gasteiger partial charge in [-0.1, -0.05) is 109 Å². The Morgan fingerprint density at radius 1 is 0.357 bits per heavy atom. The van der Waals surface area contributed by atoms with Crippen molar-refractivity contribution >= 4 is 103 Å². The van der Waals surface area contributed by atoms with Crippen molar-refractivity contribution < 1.29 is 8.83 Å². The minimum Gasteiger partial charge on any atom is -0.456 e. The largest absolute Gasteiger partial charge is 0.456 e. The van der Waals surface area contributed by atoms with E-state index >= 15 is 0 Å². The lowest BCUT2D eigenvalue weighted by Gasteiger charge is -2.26. The lowest BCUT2D eigenvalue weighted by atomic mass is 9.98. The van der Waals surface area contributed by atoms with Gasteiger partial charge in [-0.15, -0.1) is 11.3 Å². The van der Waals surface area contributed by atoms with E-state index in [0.29, 0.717) is 0 Å². The SMILES string of the molecule is c1ccc2c(c1)ccc1c2oc2cccc(-c3ccc(N(c4ccc(-c5ccc6c(c5)oc5ccccc56)cc4)c4ccc5sc6ccccc6c5c4)cc3)c21. The van der Waals surface area contributed by atoms with Crippen LogP contribution in [0, 0.1) is 0 Å². The molecule has 3 heterocycles. The van der Waals surface area contributed by atoms with Gasteiger partial charge in [-0.2, -0.15) is 0 Å². The Labute approximate surface area is 325 Å². The molecule has 0 atom stereocenters. The smallest absolute Gasteiger partial charge is 0.143 e. The first-order valence-corrected chi connectivity index (χ1v) is 19.7. The van der Waals surface area contributed by atoms with Crippen molar-refractivity contribution in [1.82, 2.24) is 0 Å². The fraction of sp³-hybridized carbons (Fsp3) is 0. The zero-order valence-corrected chi connectivity index (χ0v) is 30.9. The van der Waals surface area contributed by atoms with Gasteiger partial charge in [0.05, 0.1) is 0 Å². The van der Waals surface area contributed by atoms with Crippen LogP contribution in [0.25, 0.3) is 97.1 Å². The maximum Gasteiger partial charge on any atom is 0.143 e. The molecule has 0 aliphatic rings. The fourth-order valence-corrected chi connectivity index (χ4v) is 9.68. The highest BCUT2D eigenvalue weighted by molar-refractivity contribution is 7.25. The topological polar surface area (TPSA) is 29.5 Å². The van der Waals surface area contributed by atoms with Gasteiger partial charge in [-0.25, -0.2) is 0 Å². The number of anilines is 3. The normalized spacial score (nSPS) is 11.9. The van der Waals surface area contributed by atoms with Crippen molar-refractivity contribution in [1.29, 1.82) is 0 Å². The van der Waals surface area contributed by atoms with Crippen LogP contribution >= 0.6 is 11.3 Å². The molecular weight excluding hydrogens is 703 g/mol. The van der Waals surface area contributed by atoms with Gasteiger partial charge in [0.25, 0.3) is 0 Å². The van der Waals surface area contributed by atoms with Crippen LogP contribution in [0.2, 0.25) is 0 Å². The third-order valence-corrected chi connectivity index (χ3v) is 12.4. The minimum absolute atomic E-state index is 0.899. The summed E-state index contributed by atoms with van der Waals surface area (Å²) < 4.78 is 15.4. The summed E-state index contributed by atoms with van der Waals surface area (Å²) in [6.45, 7) is 0. The summed E-state index contributed by atoms with van der Waals surface area (Å²) in [5.74, 6) is 0. The summed E-state index contributed by atoms with van der Waals surface area (Å²) in [7, 11) is 0. The zero-order valence-electron chi connectivity index (χ0n) is 30.1. The Morgan fingerprint density at radius 3 is 1.86 bits per heavy atom. The molecular formula is C52H31NO2S. The van der Waals surface area contributed by atoms with E-state index in [-0.39, 0.29) is 0 Å². The summed E-state index contributed by atoms with van der Waals surface area (Å²) >= 11 is 1.84. The quantitative estimate of drug-likeness (QED) is 0.176. The molecule has 262 valence electrons. The van der Waals surface area contributed by atoms with Gasteiger partial charge in [-0.3, -0.25) is 0 Å². The molecule has 0 saturated carbocycles. The molecule has 0 unspecified atom stereocenters. The molecule has 4 heteroatoms. The van der Waals surface area contributed by atoms with Gasteiger partial charge < -0.3 is 13.7 Å². The van der Waals surface area contributed by atoms with Crippen molar-refractivity contribution in [2.24, 2.45) is 0 Å². The number of fused-ring (bicyclic) bond motifs is 11. The number of benzene rings is 9. The maximum absolute atomic E-state index is 6.53. The molecule has 0 saturated heterocycles. The molecule has 0 radical (unpaired) electrons. The first-order valence-electron chi connectivity index (χ1n) is 18.9. The molecule has 0 amide bonds. The van der Waals surface area contributed by atoms with E-state index in [9.17, 15) is 0 Å². The highest BCUT2D eigenvalue weighted by Gasteiger charge is 2.18. The second-order valence-corrected chi connectivity index (χ2v) is 15.5. The fourth-order valence-electron chi connectivity index (χ4n) is 8.59. The summed E-state index contributed by atoms with van der Waals surface area (Å²) in [4.78, 5) is 2.36. The van der Waals surface area contributed by atoms with Gasteiger partial charge in [-0.05, 0) is 107 Å². The Bertz CT molecular complexity index is 3480. The van der Waals surface area contributed by atoms with E-state index in [1.165, 1.54) is 25.6 Å². The molecule has 0 bridgehead atoms. The summed E-state index contributed by atoms with van der Waals surface area (Å²) in [6, 6.07) is 67.4. The Morgan fingerprint density at radius 2 is 1.00 bits per heavy atom. The van der Waals surface area contributed by atoms with E-state index in [4.69, 9.17) is 8.83 Å². The van der Waals surface area contributed by atoms with Gasteiger partial charge in [0.1, 0.15) is 22.3 Å². The molecule has 12 aromatic rings. The molecule has 0 spiro atoms. The number of rotatable bonds is 5. The zero-order chi connectivity index (χ0) is 36.7. The summed E-state index contributed by atoms with van der Waals surface area (Å²) in [5, 5.41) is 9.43. The highest BCUT2D eigenvalue weighted by atomic mass is 32.1. The highest BCUT2D eigenvalue weighted by Crippen LogP contribution is 2.44. The van der Waals surface area contributed by atoms with Crippen LogP contribution in [0.4, 0.5) is 17.1 Å². The molecule has 9 aromatic carbocycles. The number of nitrogens with zero attached hydrogens (tertiary/aromatic N) is 1. The second-order valence-electron chi connectivity index (χ2n) is 14.5. The molecule has 12 rings (SSSR count). The molecule has 0 fully saturated rings. The number of hydrogen-bond donors (Lipinski definition) is 0. The monoisotopic (exact) mass is 733 g/mol. The van der Waals surface area contributed by atoms with Crippen LogP contribution in [-0.2, 0) is 0 Å². The predicted molar refractivity (Wildman–Crippen MR) is 237 cm³/mol. The maximum atomic E-state index is 6.53. The molecule has 3 aromatic heterocycles. The van der Waals surface area contributed by atoms with Gasteiger partial charge in [0, 0.05) is 64.2 Å². The van der Waals surface area contributed by atoms with E-state index in [1.807, 2.05) is 23.5 Å². The number of hydrogen-bond acceptors (Lipinski definition) is 4.